The molecule has 2 saturated heterocycles. The van der Waals surface area contributed by atoms with Gasteiger partial charge in [-0.3, -0.25) is 9.69 Å². The summed E-state index contributed by atoms with van der Waals surface area (Å²) >= 11 is 0. The van der Waals surface area contributed by atoms with Crippen molar-refractivity contribution in [2.75, 3.05) is 39.5 Å². The Hall–Kier alpha value is -2.81. The third-order valence-corrected chi connectivity index (χ3v) is 6.71. The van der Waals surface area contributed by atoms with Gasteiger partial charge in [-0.25, -0.2) is 9.40 Å². The molecule has 0 saturated carbocycles. The SMILES string of the molecule is CCOc1ccc([C@@H]2CC(c3ccc(F)cc3)=NN2C(=O)CN2CCC3(CC2)OCCO3)cc1. The summed E-state index contributed by atoms with van der Waals surface area (Å²) in [6.07, 6.45) is 2.08. The normalized spacial score (nSPS) is 22.2. The zero-order valence-corrected chi connectivity index (χ0v) is 19.4. The van der Waals surface area contributed by atoms with Gasteiger partial charge in [-0.1, -0.05) is 24.3 Å². The van der Waals surface area contributed by atoms with Gasteiger partial charge < -0.3 is 14.2 Å². The van der Waals surface area contributed by atoms with Crippen LogP contribution in [0, 0.1) is 5.82 Å². The van der Waals surface area contributed by atoms with Crippen LogP contribution < -0.4 is 4.74 Å². The predicted molar refractivity (Wildman–Crippen MR) is 125 cm³/mol. The third-order valence-electron chi connectivity index (χ3n) is 6.71. The van der Waals surface area contributed by atoms with Gasteiger partial charge in [0.15, 0.2) is 5.79 Å². The molecule has 3 heterocycles. The molecule has 0 aliphatic carbocycles. The molecule has 7 nitrogen and oxygen atoms in total. The van der Waals surface area contributed by atoms with Crippen molar-refractivity contribution in [1.29, 1.82) is 0 Å². The summed E-state index contributed by atoms with van der Waals surface area (Å²) in [5.41, 5.74) is 2.59. The number of rotatable bonds is 6. The zero-order valence-electron chi connectivity index (χ0n) is 19.4. The maximum Gasteiger partial charge on any atom is 0.257 e. The lowest BCUT2D eigenvalue weighted by molar-refractivity contribution is -0.186. The number of nitrogens with zero attached hydrogens (tertiary/aromatic N) is 3. The Labute approximate surface area is 199 Å². The number of hydrazone groups is 1. The van der Waals surface area contributed by atoms with Gasteiger partial charge in [0.2, 0.25) is 0 Å². The summed E-state index contributed by atoms with van der Waals surface area (Å²) in [6, 6.07) is 13.9. The highest BCUT2D eigenvalue weighted by molar-refractivity contribution is 6.03. The second-order valence-electron chi connectivity index (χ2n) is 8.90. The minimum atomic E-state index is -0.466. The number of carbonyl (C=O) groups excluding carboxylic acids is 1. The Kier molecular flexibility index (Phi) is 6.63. The van der Waals surface area contributed by atoms with Gasteiger partial charge >= 0.3 is 0 Å². The highest BCUT2D eigenvalue weighted by Gasteiger charge is 2.41. The van der Waals surface area contributed by atoms with Crippen LogP contribution in [0.3, 0.4) is 0 Å². The van der Waals surface area contributed by atoms with E-state index in [1.807, 2.05) is 31.2 Å². The lowest BCUT2D eigenvalue weighted by atomic mass is 9.98. The Balaban J connectivity index is 1.33. The lowest BCUT2D eigenvalue weighted by Crippen LogP contribution is -2.48. The van der Waals surface area contributed by atoms with E-state index in [9.17, 15) is 9.18 Å². The van der Waals surface area contributed by atoms with Crippen LogP contribution in [0.4, 0.5) is 4.39 Å². The second kappa shape index (κ2) is 9.82. The molecule has 3 aliphatic rings. The number of likely N-dealkylation sites (tertiary alicyclic amines) is 1. The first-order valence-corrected chi connectivity index (χ1v) is 11.9. The first kappa shape index (κ1) is 23.0. The molecule has 0 aromatic heterocycles. The molecule has 3 aliphatic heterocycles. The summed E-state index contributed by atoms with van der Waals surface area (Å²) in [7, 11) is 0. The van der Waals surface area contributed by atoms with E-state index >= 15 is 0 Å². The van der Waals surface area contributed by atoms with Crippen molar-refractivity contribution < 1.29 is 23.4 Å². The van der Waals surface area contributed by atoms with E-state index in [-0.39, 0.29) is 24.3 Å². The number of amides is 1. The van der Waals surface area contributed by atoms with Crippen LogP contribution in [0.2, 0.25) is 0 Å². The summed E-state index contributed by atoms with van der Waals surface area (Å²) in [5.74, 6) is -0.0246. The quantitative estimate of drug-likeness (QED) is 0.648. The summed E-state index contributed by atoms with van der Waals surface area (Å²) in [6.45, 7) is 5.57. The molecular formula is C26H30FN3O4. The van der Waals surface area contributed by atoms with Crippen LogP contribution in [0.1, 0.15) is 43.4 Å². The molecule has 0 unspecified atom stereocenters. The topological polar surface area (TPSA) is 63.6 Å². The third kappa shape index (κ3) is 4.85. The number of hydrogen-bond donors (Lipinski definition) is 0. The first-order chi connectivity index (χ1) is 16.5. The number of carbonyl (C=O) groups is 1. The first-order valence-electron chi connectivity index (χ1n) is 11.9. The maximum absolute atomic E-state index is 13.5. The van der Waals surface area contributed by atoms with Crippen molar-refractivity contribution in [1.82, 2.24) is 9.91 Å². The van der Waals surface area contributed by atoms with E-state index < -0.39 is 5.79 Å². The molecule has 1 spiro atoms. The molecule has 8 heteroatoms. The Morgan fingerprint density at radius 1 is 1.09 bits per heavy atom. The van der Waals surface area contributed by atoms with Gasteiger partial charge in [0, 0.05) is 32.4 Å². The molecular weight excluding hydrogens is 437 g/mol. The molecule has 0 bridgehead atoms. The Morgan fingerprint density at radius 3 is 2.41 bits per heavy atom. The summed E-state index contributed by atoms with van der Waals surface area (Å²) in [4.78, 5) is 15.6. The maximum atomic E-state index is 13.5. The summed E-state index contributed by atoms with van der Waals surface area (Å²) in [5, 5.41) is 6.31. The molecule has 0 N–H and O–H groups in total. The molecule has 2 aromatic carbocycles. The van der Waals surface area contributed by atoms with Crippen LogP contribution in [0.25, 0.3) is 0 Å². The van der Waals surface area contributed by atoms with Crippen molar-refractivity contribution in [3.63, 3.8) is 0 Å². The van der Waals surface area contributed by atoms with E-state index in [1.165, 1.54) is 12.1 Å². The minimum Gasteiger partial charge on any atom is -0.494 e. The zero-order chi connectivity index (χ0) is 23.5. The molecule has 2 fully saturated rings. The van der Waals surface area contributed by atoms with Gasteiger partial charge in [-0.15, -0.1) is 0 Å². The number of piperidine rings is 1. The Bertz CT molecular complexity index is 1030. The molecule has 34 heavy (non-hydrogen) atoms. The number of hydrogen-bond acceptors (Lipinski definition) is 6. The molecule has 180 valence electrons. The van der Waals surface area contributed by atoms with E-state index in [2.05, 4.69) is 4.90 Å². The molecule has 0 radical (unpaired) electrons. The van der Waals surface area contributed by atoms with Crippen molar-refractivity contribution in [3.8, 4) is 5.75 Å². The van der Waals surface area contributed by atoms with Gasteiger partial charge in [0.25, 0.3) is 5.91 Å². The van der Waals surface area contributed by atoms with Crippen molar-refractivity contribution in [2.24, 2.45) is 5.10 Å². The van der Waals surface area contributed by atoms with Crippen molar-refractivity contribution in [2.45, 2.75) is 38.0 Å². The van der Waals surface area contributed by atoms with Crippen LogP contribution in [0.5, 0.6) is 5.75 Å². The van der Waals surface area contributed by atoms with Crippen LogP contribution >= 0.6 is 0 Å². The lowest BCUT2D eigenvalue weighted by Gasteiger charge is -2.37. The fraction of sp³-hybridized carbons (Fsp3) is 0.462. The monoisotopic (exact) mass is 467 g/mol. The van der Waals surface area contributed by atoms with Crippen molar-refractivity contribution >= 4 is 11.6 Å². The number of ether oxygens (including phenoxy) is 3. The molecule has 1 atom stereocenters. The number of benzene rings is 2. The van der Waals surface area contributed by atoms with E-state index in [4.69, 9.17) is 19.3 Å². The summed E-state index contributed by atoms with van der Waals surface area (Å²) < 4.78 is 30.6. The van der Waals surface area contributed by atoms with E-state index in [0.29, 0.717) is 26.2 Å². The van der Waals surface area contributed by atoms with E-state index in [1.54, 1.807) is 17.1 Å². The van der Waals surface area contributed by atoms with Gasteiger partial charge in [0.05, 0.1) is 38.1 Å². The molecule has 5 rings (SSSR count). The highest BCUT2D eigenvalue weighted by atomic mass is 19.1. The fourth-order valence-corrected chi connectivity index (χ4v) is 4.87. The smallest absolute Gasteiger partial charge is 0.257 e. The van der Waals surface area contributed by atoms with Crippen molar-refractivity contribution in [3.05, 3.63) is 65.5 Å². The minimum absolute atomic E-state index is 0.0554. The standard InChI is InChI=1S/C26H30FN3O4/c1-2-32-22-9-5-20(6-10-22)24-17-23(19-3-7-21(27)8-4-19)28-30(24)25(31)18-29-13-11-26(12-14-29)33-15-16-34-26/h3-10,24H,2,11-18H2,1H3/t24-/m0/s1. The second-order valence-corrected chi connectivity index (χ2v) is 8.90. The Morgan fingerprint density at radius 2 is 1.76 bits per heavy atom. The van der Waals surface area contributed by atoms with Crippen LogP contribution in [-0.2, 0) is 14.3 Å². The molecule has 2 aromatic rings. The largest absolute Gasteiger partial charge is 0.494 e. The van der Waals surface area contributed by atoms with Gasteiger partial charge in [-0.05, 0) is 42.3 Å². The van der Waals surface area contributed by atoms with Crippen LogP contribution in [0.15, 0.2) is 53.6 Å². The van der Waals surface area contributed by atoms with Gasteiger partial charge in [0.1, 0.15) is 11.6 Å². The molecule has 1 amide bonds. The average Bonchev–Trinajstić information content (AvgIpc) is 3.50. The average molecular weight is 468 g/mol. The predicted octanol–water partition coefficient (Wildman–Crippen LogP) is 3.74. The van der Waals surface area contributed by atoms with Crippen LogP contribution in [-0.4, -0.2) is 66.8 Å². The van der Waals surface area contributed by atoms with Gasteiger partial charge in [-0.2, -0.15) is 5.10 Å². The highest BCUT2D eigenvalue weighted by Crippen LogP contribution is 2.35. The fourth-order valence-electron chi connectivity index (χ4n) is 4.87. The number of halogens is 1. The van der Waals surface area contributed by atoms with E-state index in [0.717, 1.165) is 48.5 Å².